The lowest BCUT2D eigenvalue weighted by Crippen LogP contribution is -2.31. The molecule has 0 spiro atoms. The number of hydrogen-bond acceptors (Lipinski definition) is 5. The molecule has 2 aromatic heterocycles. The van der Waals surface area contributed by atoms with Gasteiger partial charge in [-0.3, -0.25) is 4.40 Å². The van der Waals surface area contributed by atoms with Crippen LogP contribution < -0.4 is 10.2 Å². The molecule has 110 valence electrons. The van der Waals surface area contributed by atoms with Crippen LogP contribution in [0.1, 0.15) is 25.5 Å². The van der Waals surface area contributed by atoms with E-state index in [0.29, 0.717) is 6.04 Å². The van der Waals surface area contributed by atoms with Gasteiger partial charge in [0.25, 0.3) is 0 Å². The van der Waals surface area contributed by atoms with E-state index in [9.17, 15) is 0 Å². The number of nitrogens with zero attached hydrogens (tertiary/aromatic N) is 3. The molecule has 1 saturated carbocycles. The van der Waals surface area contributed by atoms with Gasteiger partial charge in [-0.25, -0.2) is 4.98 Å². The van der Waals surface area contributed by atoms with Crippen LogP contribution in [-0.4, -0.2) is 42.2 Å². The fourth-order valence-corrected chi connectivity index (χ4v) is 3.22. The van der Waals surface area contributed by atoms with E-state index < -0.39 is 0 Å². The Morgan fingerprint density at radius 1 is 1.55 bits per heavy atom. The van der Waals surface area contributed by atoms with Crippen molar-refractivity contribution in [2.45, 2.75) is 32.4 Å². The van der Waals surface area contributed by atoms with Gasteiger partial charge in [0.15, 0.2) is 10.8 Å². The number of methoxy groups -OCH3 is 1. The van der Waals surface area contributed by atoms with Crippen molar-refractivity contribution >= 4 is 22.1 Å². The fourth-order valence-electron chi connectivity index (χ4n) is 2.50. The maximum atomic E-state index is 5.26. The minimum absolute atomic E-state index is 0.648. The molecule has 1 N–H and O–H groups in total. The molecule has 20 heavy (non-hydrogen) atoms. The molecule has 1 aliphatic carbocycles. The summed E-state index contributed by atoms with van der Waals surface area (Å²) in [5.74, 6) is 1.14. The highest BCUT2D eigenvalue weighted by Crippen LogP contribution is 2.34. The molecular weight excluding hydrogens is 272 g/mol. The van der Waals surface area contributed by atoms with E-state index in [-0.39, 0.29) is 0 Å². The van der Waals surface area contributed by atoms with Gasteiger partial charge in [0.05, 0.1) is 12.3 Å². The molecule has 2 heterocycles. The topological polar surface area (TPSA) is 41.8 Å². The SMILES string of the molecule is CCNCc1c(N(CCOC)C2CC2)nc2sccn12. The van der Waals surface area contributed by atoms with Gasteiger partial charge >= 0.3 is 0 Å². The number of fused-ring (bicyclic) bond motifs is 1. The quantitative estimate of drug-likeness (QED) is 0.810. The van der Waals surface area contributed by atoms with Gasteiger partial charge < -0.3 is 15.0 Å². The van der Waals surface area contributed by atoms with E-state index in [1.807, 2.05) is 0 Å². The van der Waals surface area contributed by atoms with E-state index in [0.717, 1.165) is 37.0 Å². The number of imidazole rings is 1. The third kappa shape index (κ3) is 2.68. The van der Waals surface area contributed by atoms with Crippen molar-refractivity contribution in [3.8, 4) is 0 Å². The normalized spacial score (nSPS) is 15.1. The molecular formula is C14H22N4OS. The summed E-state index contributed by atoms with van der Waals surface area (Å²) in [5.41, 5.74) is 1.27. The molecule has 0 amide bonds. The first kappa shape index (κ1) is 13.9. The third-order valence-corrected chi connectivity index (χ3v) is 4.43. The minimum Gasteiger partial charge on any atom is -0.383 e. The molecule has 0 atom stereocenters. The predicted octanol–water partition coefficient (Wildman–Crippen LogP) is 2.12. The monoisotopic (exact) mass is 294 g/mol. The molecule has 1 fully saturated rings. The number of ether oxygens (including phenoxy) is 1. The number of rotatable bonds is 8. The van der Waals surface area contributed by atoms with Crippen molar-refractivity contribution in [3.05, 3.63) is 17.3 Å². The Morgan fingerprint density at radius 3 is 3.10 bits per heavy atom. The first-order valence-electron chi connectivity index (χ1n) is 7.26. The molecule has 2 aromatic rings. The Hall–Kier alpha value is -1.11. The summed E-state index contributed by atoms with van der Waals surface area (Å²) in [7, 11) is 1.76. The molecule has 0 aliphatic heterocycles. The molecule has 0 bridgehead atoms. The highest BCUT2D eigenvalue weighted by atomic mass is 32.1. The molecule has 0 radical (unpaired) electrons. The lowest BCUT2D eigenvalue weighted by molar-refractivity contribution is 0.204. The van der Waals surface area contributed by atoms with Crippen LogP contribution in [0.3, 0.4) is 0 Å². The molecule has 3 rings (SSSR count). The van der Waals surface area contributed by atoms with Crippen molar-refractivity contribution in [2.75, 3.05) is 31.7 Å². The van der Waals surface area contributed by atoms with E-state index in [1.165, 1.54) is 18.5 Å². The maximum Gasteiger partial charge on any atom is 0.195 e. The van der Waals surface area contributed by atoms with Crippen LogP contribution in [0.5, 0.6) is 0 Å². The van der Waals surface area contributed by atoms with Crippen molar-refractivity contribution in [2.24, 2.45) is 0 Å². The smallest absolute Gasteiger partial charge is 0.195 e. The van der Waals surface area contributed by atoms with Gasteiger partial charge in [-0.15, -0.1) is 11.3 Å². The predicted molar refractivity (Wildman–Crippen MR) is 82.7 cm³/mol. The second kappa shape index (κ2) is 6.11. The highest BCUT2D eigenvalue weighted by Gasteiger charge is 2.32. The van der Waals surface area contributed by atoms with Crippen LogP contribution in [0.15, 0.2) is 11.6 Å². The summed E-state index contributed by atoms with van der Waals surface area (Å²) >= 11 is 1.70. The largest absolute Gasteiger partial charge is 0.383 e. The van der Waals surface area contributed by atoms with Gasteiger partial charge in [0.1, 0.15) is 0 Å². The fraction of sp³-hybridized carbons (Fsp3) is 0.643. The molecule has 5 nitrogen and oxygen atoms in total. The van der Waals surface area contributed by atoms with Gasteiger partial charge in [0.2, 0.25) is 0 Å². The first-order chi connectivity index (χ1) is 9.85. The van der Waals surface area contributed by atoms with Gasteiger partial charge in [-0.2, -0.15) is 0 Å². The summed E-state index contributed by atoms with van der Waals surface area (Å²) in [6, 6.07) is 0.648. The zero-order valence-electron chi connectivity index (χ0n) is 12.1. The van der Waals surface area contributed by atoms with Crippen LogP contribution in [0, 0.1) is 0 Å². The summed E-state index contributed by atoms with van der Waals surface area (Å²) in [4.78, 5) is 8.36. The Bertz CT molecular complexity index is 561. The van der Waals surface area contributed by atoms with E-state index in [1.54, 1.807) is 18.4 Å². The summed E-state index contributed by atoms with van der Waals surface area (Å²) < 4.78 is 7.47. The summed E-state index contributed by atoms with van der Waals surface area (Å²) in [6.07, 6.45) is 4.66. The lowest BCUT2D eigenvalue weighted by atomic mass is 10.3. The van der Waals surface area contributed by atoms with Crippen molar-refractivity contribution in [1.82, 2.24) is 14.7 Å². The van der Waals surface area contributed by atoms with Crippen LogP contribution in [-0.2, 0) is 11.3 Å². The van der Waals surface area contributed by atoms with Gasteiger partial charge in [-0.05, 0) is 19.4 Å². The maximum absolute atomic E-state index is 5.26. The third-order valence-electron chi connectivity index (χ3n) is 3.68. The number of aromatic nitrogens is 2. The average molecular weight is 294 g/mol. The number of nitrogens with one attached hydrogen (secondary N) is 1. The molecule has 0 saturated heterocycles. The standard InChI is InChI=1S/C14H22N4OS/c1-3-15-10-12-13(16-14-18(12)7-9-20-14)17(6-8-19-2)11-4-5-11/h7,9,11,15H,3-6,8,10H2,1-2H3. The number of thiazole rings is 1. The molecule has 0 unspecified atom stereocenters. The van der Waals surface area contributed by atoms with Gasteiger partial charge in [0, 0.05) is 37.8 Å². The zero-order valence-corrected chi connectivity index (χ0v) is 12.9. The van der Waals surface area contributed by atoms with E-state index in [4.69, 9.17) is 9.72 Å². The first-order valence-corrected chi connectivity index (χ1v) is 8.13. The summed E-state index contributed by atoms with van der Waals surface area (Å²) in [5, 5.41) is 5.52. The Labute approximate surface area is 123 Å². The van der Waals surface area contributed by atoms with Crippen LogP contribution in [0.4, 0.5) is 5.82 Å². The lowest BCUT2D eigenvalue weighted by Gasteiger charge is -2.23. The van der Waals surface area contributed by atoms with Crippen molar-refractivity contribution in [1.29, 1.82) is 0 Å². The summed E-state index contributed by atoms with van der Waals surface area (Å²) in [6.45, 7) is 5.64. The highest BCUT2D eigenvalue weighted by molar-refractivity contribution is 7.15. The molecule has 1 aliphatic rings. The van der Waals surface area contributed by atoms with E-state index in [2.05, 4.69) is 33.1 Å². The van der Waals surface area contributed by atoms with Gasteiger partial charge in [-0.1, -0.05) is 6.92 Å². The average Bonchev–Trinajstić information content (AvgIpc) is 3.08. The Kier molecular flexibility index (Phi) is 4.24. The van der Waals surface area contributed by atoms with E-state index >= 15 is 0 Å². The number of anilines is 1. The van der Waals surface area contributed by atoms with Crippen LogP contribution >= 0.6 is 11.3 Å². The van der Waals surface area contributed by atoms with Crippen molar-refractivity contribution < 1.29 is 4.74 Å². The second-order valence-corrected chi connectivity index (χ2v) is 6.01. The zero-order chi connectivity index (χ0) is 13.9. The molecule has 0 aromatic carbocycles. The Balaban J connectivity index is 1.92. The van der Waals surface area contributed by atoms with Crippen LogP contribution in [0.25, 0.3) is 4.96 Å². The van der Waals surface area contributed by atoms with Crippen LogP contribution in [0.2, 0.25) is 0 Å². The van der Waals surface area contributed by atoms with Crippen molar-refractivity contribution in [3.63, 3.8) is 0 Å². The number of hydrogen-bond donors (Lipinski definition) is 1. The molecule has 6 heteroatoms. The second-order valence-electron chi connectivity index (χ2n) is 5.14. The minimum atomic E-state index is 0.648. The Morgan fingerprint density at radius 2 is 2.40 bits per heavy atom.